The van der Waals surface area contributed by atoms with E-state index in [1.54, 1.807) is 0 Å². The zero-order valence-electron chi connectivity index (χ0n) is 10.9. The second-order valence-electron chi connectivity index (χ2n) is 5.43. The molecule has 1 fully saturated rings. The van der Waals surface area contributed by atoms with Gasteiger partial charge >= 0.3 is 0 Å². The van der Waals surface area contributed by atoms with Crippen molar-refractivity contribution in [3.05, 3.63) is 0 Å². The first-order chi connectivity index (χ1) is 7.13. The molecule has 0 aromatic heterocycles. The maximum absolute atomic E-state index is 3.66. The summed E-state index contributed by atoms with van der Waals surface area (Å²) in [5.74, 6) is 0.809. The highest BCUT2D eigenvalue weighted by Crippen LogP contribution is 2.13. The molecule has 15 heavy (non-hydrogen) atoms. The zero-order chi connectivity index (χ0) is 11.3. The smallest absolute Gasteiger partial charge is 0.0198 e. The van der Waals surface area contributed by atoms with Gasteiger partial charge in [-0.3, -0.25) is 4.90 Å². The van der Waals surface area contributed by atoms with Gasteiger partial charge in [0, 0.05) is 25.2 Å². The van der Waals surface area contributed by atoms with Crippen molar-refractivity contribution < 1.29 is 0 Å². The Labute approximate surface area is 95.4 Å². The summed E-state index contributed by atoms with van der Waals surface area (Å²) >= 11 is 0. The molecule has 1 N–H and O–H groups in total. The Bertz CT molecular complexity index is 168. The normalized spacial score (nSPS) is 28.6. The van der Waals surface area contributed by atoms with E-state index in [0.29, 0.717) is 0 Å². The van der Waals surface area contributed by atoms with Gasteiger partial charge in [0.2, 0.25) is 0 Å². The van der Waals surface area contributed by atoms with Crippen molar-refractivity contribution in [3.8, 4) is 0 Å². The van der Waals surface area contributed by atoms with Gasteiger partial charge in [0.15, 0.2) is 0 Å². The predicted molar refractivity (Wildman–Crippen MR) is 67.2 cm³/mol. The summed E-state index contributed by atoms with van der Waals surface area (Å²) in [6.45, 7) is 13.0. The highest BCUT2D eigenvalue weighted by molar-refractivity contribution is 4.84. The van der Waals surface area contributed by atoms with Crippen LogP contribution in [0.2, 0.25) is 0 Å². The molecular weight excluding hydrogens is 184 g/mol. The highest BCUT2D eigenvalue weighted by Gasteiger charge is 2.24. The van der Waals surface area contributed by atoms with E-state index in [4.69, 9.17) is 0 Å². The third-order valence-electron chi connectivity index (χ3n) is 3.33. The number of hydrogen-bond acceptors (Lipinski definition) is 2. The largest absolute Gasteiger partial charge is 0.311 e. The minimum absolute atomic E-state index is 0.720. The molecule has 0 radical (unpaired) electrons. The molecule has 0 spiro atoms. The minimum atomic E-state index is 0.720. The molecule has 0 aliphatic carbocycles. The van der Waals surface area contributed by atoms with Crippen LogP contribution in [0.15, 0.2) is 0 Å². The van der Waals surface area contributed by atoms with Crippen LogP contribution in [0.5, 0.6) is 0 Å². The summed E-state index contributed by atoms with van der Waals surface area (Å²) in [4.78, 5) is 2.66. The predicted octanol–water partition coefficient (Wildman–Crippen LogP) is 2.49. The first-order valence-electron chi connectivity index (χ1n) is 6.61. The maximum atomic E-state index is 3.66. The quantitative estimate of drug-likeness (QED) is 0.753. The van der Waals surface area contributed by atoms with Crippen LogP contribution in [0.25, 0.3) is 0 Å². The number of nitrogens with one attached hydrogen (secondary N) is 1. The van der Waals surface area contributed by atoms with Crippen molar-refractivity contribution in [2.75, 3.05) is 19.6 Å². The fraction of sp³-hybridized carbons (Fsp3) is 1.00. The average Bonchev–Trinajstić information content (AvgIpc) is 2.18. The third kappa shape index (κ3) is 4.52. The Balaban J connectivity index is 2.34. The van der Waals surface area contributed by atoms with E-state index in [1.165, 1.54) is 38.9 Å². The average molecular weight is 212 g/mol. The van der Waals surface area contributed by atoms with E-state index < -0.39 is 0 Å². The second kappa shape index (κ2) is 6.49. The summed E-state index contributed by atoms with van der Waals surface area (Å²) in [6, 6.07) is 1.44. The fourth-order valence-electron chi connectivity index (χ4n) is 2.39. The van der Waals surface area contributed by atoms with Crippen LogP contribution < -0.4 is 5.32 Å². The molecule has 0 bridgehead atoms. The van der Waals surface area contributed by atoms with Crippen molar-refractivity contribution in [3.63, 3.8) is 0 Å². The van der Waals surface area contributed by atoms with Gasteiger partial charge in [0.25, 0.3) is 0 Å². The van der Waals surface area contributed by atoms with E-state index in [9.17, 15) is 0 Å². The lowest BCUT2D eigenvalue weighted by Crippen LogP contribution is -2.55. The topological polar surface area (TPSA) is 15.3 Å². The van der Waals surface area contributed by atoms with Gasteiger partial charge in [-0.15, -0.1) is 0 Å². The lowest BCUT2D eigenvalue weighted by molar-refractivity contribution is 0.130. The summed E-state index contributed by atoms with van der Waals surface area (Å²) in [5.41, 5.74) is 0. The van der Waals surface area contributed by atoms with Crippen LogP contribution in [0.3, 0.4) is 0 Å². The van der Waals surface area contributed by atoms with Gasteiger partial charge in [0.1, 0.15) is 0 Å². The van der Waals surface area contributed by atoms with Crippen LogP contribution in [-0.2, 0) is 0 Å². The SMILES string of the molecule is CCCCN1CC(CC(C)C)NCC1C. The van der Waals surface area contributed by atoms with Crippen LogP contribution in [0.4, 0.5) is 0 Å². The van der Waals surface area contributed by atoms with Crippen molar-refractivity contribution >= 4 is 0 Å². The number of rotatable bonds is 5. The first-order valence-corrected chi connectivity index (χ1v) is 6.61. The van der Waals surface area contributed by atoms with Gasteiger partial charge in [-0.1, -0.05) is 27.2 Å². The van der Waals surface area contributed by atoms with Crippen molar-refractivity contribution in [2.24, 2.45) is 5.92 Å². The second-order valence-corrected chi connectivity index (χ2v) is 5.43. The first kappa shape index (κ1) is 13.0. The lowest BCUT2D eigenvalue weighted by Gasteiger charge is -2.39. The number of piperazine rings is 1. The van der Waals surface area contributed by atoms with E-state index in [-0.39, 0.29) is 0 Å². The molecule has 1 rings (SSSR count). The molecule has 1 saturated heterocycles. The summed E-state index contributed by atoms with van der Waals surface area (Å²) in [7, 11) is 0. The molecule has 90 valence electrons. The Morgan fingerprint density at radius 3 is 2.73 bits per heavy atom. The lowest BCUT2D eigenvalue weighted by atomic mass is 10.00. The summed E-state index contributed by atoms with van der Waals surface area (Å²) in [5, 5.41) is 3.66. The molecule has 0 amide bonds. The van der Waals surface area contributed by atoms with Crippen molar-refractivity contribution in [1.82, 2.24) is 10.2 Å². The van der Waals surface area contributed by atoms with Gasteiger partial charge in [-0.25, -0.2) is 0 Å². The van der Waals surface area contributed by atoms with E-state index in [2.05, 4.69) is 37.9 Å². The van der Waals surface area contributed by atoms with Gasteiger partial charge < -0.3 is 5.32 Å². The molecule has 2 unspecified atom stereocenters. The van der Waals surface area contributed by atoms with Crippen LogP contribution >= 0.6 is 0 Å². The molecule has 1 heterocycles. The molecule has 1 aliphatic rings. The maximum Gasteiger partial charge on any atom is 0.0198 e. The van der Waals surface area contributed by atoms with Gasteiger partial charge in [-0.2, -0.15) is 0 Å². The molecule has 1 aliphatic heterocycles. The van der Waals surface area contributed by atoms with Crippen LogP contribution in [-0.4, -0.2) is 36.6 Å². The molecule has 2 nitrogen and oxygen atoms in total. The highest BCUT2D eigenvalue weighted by atomic mass is 15.2. The minimum Gasteiger partial charge on any atom is -0.311 e. The monoisotopic (exact) mass is 212 g/mol. The fourth-order valence-corrected chi connectivity index (χ4v) is 2.39. The molecule has 2 heteroatoms. The Morgan fingerprint density at radius 2 is 2.13 bits per heavy atom. The Morgan fingerprint density at radius 1 is 1.40 bits per heavy atom. The van der Waals surface area contributed by atoms with Crippen LogP contribution in [0.1, 0.15) is 47.0 Å². The number of nitrogens with zero attached hydrogens (tertiary/aromatic N) is 1. The van der Waals surface area contributed by atoms with Crippen LogP contribution in [0, 0.1) is 5.92 Å². The molecule has 0 aromatic carbocycles. The Kier molecular flexibility index (Phi) is 5.62. The number of unbranched alkanes of at least 4 members (excludes halogenated alkanes) is 1. The van der Waals surface area contributed by atoms with Gasteiger partial charge in [0.05, 0.1) is 0 Å². The van der Waals surface area contributed by atoms with Crippen molar-refractivity contribution in [2.45, 2.75) is 59.0 Å². The summed E-state index contributed by atoms with van der Waals surface area (Å²) < 4.78 is 0. The van der Waals surface area contributed by atoms with Gasteiger partial charge in [-0.05, 0) is 32.2 Å². The van der Waals surface area contributed by atoms with E-state index in [1.807, 2.05) is 0 Å². The van der Waals surface area contributed by atoms with E-state index in [0.717, 1.165) is 18.0 Å². The van der Waals surface area contributed by atoms with Crippen molar-refractivity contribution in [1.29, 1.82) is 0 Å². The standard InChI is InChI=1S/C13H28N2/c1-5-6-7-15-10-13(8-11(2)3)14-9-12(15)4/h11-14H,5-10H2,1-4H3. The molecule has 2 atom stereocenters. The van der Waals surface area contributed by atoms with E-state index >= 15 is 0 Å². The molecule has 0 saturated carbocycles. The zero-order valence-corrected chi connectivity index (χ0v) is 10.9. The molecule has 0 aromatic rings. The Hall–Kier alpha value is -0.0800. The third-order valence-corrected chi connectivity index (χ3v) is 3.33. The summed E-state index contributed by atoms with van der Waals surface area (Å²) in [6.07, 6.45) is 3.97. The number of hydrogen-bond donors (Lipinski definition) is 1. The molecular formula is C13H28N2.